The molecule has 0 saturated carbocycles. The number of nitrogens with zero attached hydrogens (tertiary/aromatic N) is 4. The topological polar surface area (TPSA) is 45.6 Å². The second-order valence-electron chi connectivity index (χ2n) is 8.75. The molecule has 29 heavy (non-hydrogen) atoms. The number of imidazole rings is 1. The van der Waals surface area contributed by atoms with Crippen molar-refractivity contribution in [1.29, 1.82) is 0 Å². The lowest BCUT2D eigenvalue weighted by molar-refractivity contribution is 0.0611. The molecule has 1 saturated heterocycles. The Balaban J connectivity index is 1.89. The highest BCUT2D eigenvalue weighted by Crippen LogP contribution is 2.32. The van der Waals surface area contributed by atoms with Crippen LogP contribution < -0.4 is 9.62 Å². The molecule has 7 heteroatoms. The molecule has 0 spiro atoms. The van der Waals surface area contributed by atoms with Gasteiger partial charge in [0.25, 0.3) is 0 Å². The van der Waals surface area contributed by atoms with E-state index in [0.29, 0.717) is 5.92 Å². The molecule has 1 aliphatic heterocycles. The third kappa shape index (κ3) is 5.39. The summed E-state index contributed by atoms with van der Waals surface area (Å²) in [5, 5.41) is 3.02. The molecule has 0 radical (unpaired) electrons. The zero-order valence-electron chi connectivity index (χ0n) is 18.6. The molecule has 1 fully saturated rings. The maximum absolute atomic E-state index is 5.56. The number of benzene rings is 1. The van der Waals surface area contributed by atoms with Crippen LogP contribution >= 0.6 is 12.1 Å². The van der Waals surface area contributed by atoms with Crippen LogP contribution in [0.3, 0.4) is 0 Å². The second-order valence-corrected chi connectivity index (χ2v) is 10.0. The number of aromatic nitrogens is 2. The van der Waals surface area contributed by atoms with Gasteiger partial charge in [-0.25, -0.2) is 4.98 Å². The number of ether oxygens (including phenoxy) is 1. The summed E-state index contributed by atoms with van der Waals surface area (Å²) in [7, 11) is 6.02. The third-order valence-corrected chi connectivity index (χ3v) is 6.09. The van der Waals surface area contributed by atoms with Crippen LogP contribution in [0.2, 0.25) is 0 Å². The first-order chi connectivity index (χ1) is 13.8. The molecule has 0 amide bonds. The van der Waals surface area contributed by atoms with Gasteiger partial charge in [-0.15, -0.1) is 0 Å². The lowest BCUT2D eigenvalue weighted by Gasteiger charge is -2.26. The Kier molecular flexibility index (Phi) is 7.01. The lowest BCUT2D eigenvalue weighted by atomic mass is 9.94. The highest BCUT2D eigenvalue weighted by atomic mass is 32.2. The number of hydrogen-bond acceptors (Lipinski definition) is 6. The number of fused-ring (bicyclic) bond motifs is 1. The van der Waals surface area contributed by atoms with Crippen molar-refractivity contribution in [2.75, 3.05) is 38.7 Å². The fourth-order valence-electron chi connectivity index (χ4n) is 3.71. The average Bonchev–Trinajstić information content (AvgIpc) is 3.05. The van der Waals surface area contributed by atoms with Gasteiger partial charge in [-0.1, -0.05) is 20.8 Å². The molecule has 1 aromatic heterocycles. The highest BCUT2D eigenvalue weighted by molar-refractivity contribution is 7.98. The Morgan fingerprint density at radius 1 is 1.28 bits per heavy atom. The van der Waals surface area contributed by atoms with E-state index in [1.807, 2.05) is 26.5 Å². The van der Waals surface area contributed by atoms with Gasteiger partial charge in [-0.3, -0.25) is 0 Å². The molecule has 160 valence electrons. The lowest BCUT2D eigenvalue weighted by Crippen LogP contribution is -2.25. The quantitative estimate of drug-likeness (QED) is 0.675. The summed E-state index contributed by atoms with van der Waals surface area (Å²) in [4.78, 5) is 5.08. The molecular formula is C22H35N5OS. The van der Waals surface area contributed by atoms with E-state index in [9.17, 15) is 0 Å². The predicted octanol–water partition coefficient (Wildman–Crippen LogP) is 4.38. The van der Waals surface area contributed by atoms with Gasteiger partial charge in [0.2, 0.25) is 0 Å². The molecule has 1 aromatic carbocycles. The van der Waals surface area contributed by atoms with E-state index in [1.165, 1.54) is 11.3 Å². The number of rotatable bonds is 7. The summed E-state index contributed by atoms with van der Waals surface area (Å²) in [6.45, 7) is 9.53. The molecule has 2 heterocycles. The van der Waals surface area contributed by atoms with Crippen LogP contribution in [-0.4, -0.2) is 48.2 Å². The van der Waals surface area contributed by atoms with Gasteiger partial charge in [-0.05, 0) is 37.0 Å². The first-order valence-electron chi connectivity index (χ1n) is 10.4. The number of nitrogens with one attached hydrogen (secondary N) is 1. The summed E-state index contributed by atoms with van der Waals surface area (Å²) in [5.74, 6) is 1.83. The Morgan fingerprint density at radius 3 is 2.66 bits per heavy atom. The van der Waals surface area contributed by atoms with E-state index in [-0.39, 0.29) is 5.41 Å². The zero-order chi connectivity index (χ0) is 21.0. The summed E-state index contributed by atoms with van der Waals surface area (Å²) < 4.78 is 12.2. The van der Waals surface area contributed by atoms with Crippen LogP contribution in [0.25, 0.3) is 11.0 Å². The average molecular weight is 418 g/mol. The smallest absolute Gasteiger partial charge is 0.115 e. The van der Waals surface area contributed by atoms with Gasteiger partial charge < -0.3 is 23.2 Å². The maximum Gasteiger partial charge on any atom is 0.115 e. The van der Waals surface area contributed by atoms with E-state index >= 15 is 0 Å². The van der Waals surface area contributed by atoms with Crippen molar-refractivity contribution in [2.45, 2.75) is 45.6 Å². The summed E-state index contributed by atoms with van der Waals surface area (Å²) in [6.07, 6.45) is 6.18. The van der Waals surface area contributed by atoms with Gasteiger partial charge in [0.15, 0.2) is 0 Å². The van der Waals surface area contributed by atoms with Crippen molar-refractivity contribution in [3.63, 3.8) is 0 Å². The van der Waals surface area contributed by atoms with Crippen molar-refractivity contribution < 1.29 is 4.74 Å². The fraction of sp³-hybridized carbons (Fsp3) is 0.591. The van der Waals surface area contributed by atoms with Crippen LogP contribution in [0.15, 0.2) is 30.6 Å². The Bertz CT molecular complexity index is 836. The van der Waals surface area contributed by atoms with Gasteiger partial charge in [0.1, 0.15) is 5.82 Å². The molecular weight excluding hydrogens is 382 g/mol. The van der Waals surface area contributed by atoms with Crippen molar-refractivity contribution in [1.82, 2.24) is 19.2 Å². The third-order valence-electron chi connectivity index (χ3n) is 5.25. The van der Waals surface area contributed by atoms with E-state index < -0.39 is 0 Å². The molecule has 0 aliphatic carbocycles. The summed E-state index contributed by atoms with van der Waals surface area (Å²) in [6, 6.07) is 6.62. The summed E-state index contributed by atoms with van der Waals surface area (Å²) >= 11 is 1.64. The minimum atomic E-state index is 0.00314. The van der Waals surface area contributed by atoms with E-state index in [4.69, 9.17) is 9.72 Å². The summed E-state index contributed by atoms with van der Waals surface area (Å²) in [5.41, 5.74) is 3.44. The highest BCUT2D eigenvalue weighted by Gasteiger charge is 2.25. The fourth-order valence-corrected chi connectivity index (χ4v) is 4.42. The molecule has 1 aliphatic rings. The molecule has 3 rings (SSSR count). The van der Waals surface area contributed by atoms with Gasteiger partial charge in [-0.2, -0.15) is 0 Å². The minimum Gasteiger partial charge on any atom is -0.393 e. The van der Waals surface area contributed by atoms with E-state index in [2.05, 4.69) is 64.5 Å². The van der Waals surface area contributed by atoms with Crippen LogP contribution in [0.1, 0.15) is 39.4 Å². The zero-order valence-corrected chi connectivity index (χ0v) is 19.4. The predicted molar refractivity (Wildman–Crippen MR) is 124 cm³/mol. The van der Waals surface area contributed by atoms with Crippen LogP contribution in [0, 0.1) is 5.92 Å². The van der Waals surface area contributed by atoms with Crippen molar-refractivity contribution in [2.24, 2.45) is 5.92 Å². The van der Waals surface area contributed by atoms with Crippen LogP contribution in [0.4, 0.5) is 5.69 Å². The molecule has 2 aromatic rings. The van der Waals surface area contributed by atoms with Crippen molar-refractivity contribution >= 4 is 28.9 Å². The molecule has 0 unspecified atom stereocenters. The van der Waals surface area contributed by atoms with Crippen LogP contribution in [0.5, 0.6) is 0 Å². The van der Waals surface area contributed by atoms with Gasteiger partial charge >= 0.3 is 0 Å². The minimum absolute atomic E-state index is 0.00314. The molecule has 1 N–H and O–H groups in total. The number of anilines is 1. The second kappa shape index (κ2) is 9.30. The molecule has 0 bridgehead atoms. The standard InChI is InChI=1S/C22H35N5OS/c1-22(2,3)21-24-19-15-18(26(6)29-25(5)12-11-23-4)7-8-20(19)27(21)16-17-9-13-28-14-10-17/h7-8,11-12,15,17,23H,9-10,13-14,16H2,1-6H3/b12-11-. The molecule has 0 atom stereocenters. The van der Waals surface area contributed by atoms with Gasteiger partial charge in [0.05, 0.1) is 28.9 Å². The Morgan fingerprint density at radius 2 is 2.00 bits per heavy atom. The van der Waals surface area contributed by atoms with Crippen molar-refractivity contribution in [3.05, 3.63) is 36.4 Å². The van der Waals surface area contributed by atoms with Crippen LogP contribution in [-0.2, 0) is 16.7 Å². The normalized spacial score (nSPS) is 15.9. The first kappa shape index (κ1) is 21.8. The molecule has 6 nitrogen and oxygen atoms in total. The van der Waals surface area contributed by atoms with E-state index in [1.54, 1.807) is 12.1 Å². The first-order valence-corrected chi connectivity index (χ1v) is 11.1. The largest absolute Gasteiger partial charge is 0.393 e. The Hall–Kier alpha value is -1.86. The Labute approximate surface area is 179 Å². The SMILES string of the molecule is CN/C=C\N(C)SN(C)c1ccc2c(c1)nc(C(C)(C)C)n2CC1CCOCC1. The van der Waals surface area contributed by atoms with E-state index in [0.717, 1.165) is 43.8 Å². The van der Waals surface area contributed by atoms with Crippen molar-refractivity contribution in [3.8, 4) is 0 Å². The monoisotopic (exact) mass is 417 g/mol. The van der Waals surface area contributed by atoms with Gasteiger partial charge in [0, 0.05) is 58.7 Å². The maximum atomic E-state index is 5.56. The number of hydrogen-bond donors (Lipinski definition) is 1.